The molecule has 0 radical (unpaired) electrons. The van der Waals surface area contributed by atoms with Crippen LogP contribution in [0.2, 0.25) is 5.02 Å². The van der Waals surface area contributed by atoms with Gasteiger partial charge in [0.05, 0.1) is 12.7 Å². The van der Waals surface area contributed by atoms with Crippen molar-refractivity contribution >= 4 is 29.1 Å². The quantitative estimate of drug-likeness (QED) is 0.650. The fourth-order valence-electron chi connectivity index (χ4n) is 4.10. The summed E-state index contributed by atoms with van der Waals surface area (Å²) < 4.78 is 16.6. The van der Waals surface area contributed by atoms with Crippen LogP contribution in [0.15, 0.2) is 42.6 Å². The van der Waals surface area contributed by atoms with Crippen molar-refractivity contribution in [2.45, 2.75) is 32.4 Å². The number of hydrogen-bond acceptors (Lipinski definition) is 3. The molecule has 1 N–H and O–H groups in total. The van der Waals surface area contributed by atoms with E-state index in [0.29, 0.717) is 23.6 Å². The van der Waals surface area contributed by atoms with Crippen molar-refractivity contribution in [3.05, 3.63) is 81.4 Å². The van der Waals surface area contributed by atoms with Gasteiger partial charge in [-0.1, -0.05) is 17.7 Å². The summed E-state index contributed by atoms with van der Waals surface area (Å²) in [5.41, 5.74) is 4.20. The number of halogens is 2. The Morgan fingerprint density at radius 2 is 2.00 bits per heavy atom. The zero-order chi connectivity index (χ0) is 22.4. The number of benzene rings is 2. The molecule has 3 aromatic rings. The van der Waals surface area contributed by atoms with Gasteiger partial charge in [0.2, 0.25) is 5.91 Å². The van der Waals surface area contributed by atoms with E-state index in [0.717, 1.165) is 35.3 Å². The van der Waals surface area contributed by atoms with Gasteiger partial charge in [-0.3, -0.25) is 14.3 Å². The summed E-state index contributed by atoms with van der Waals surface area (Å²) in [7, 11) is 1.87. The monoisotopic (exact) mass is 452 g/mol. The minimum atomic E-state index is -0.514. The minimum Gasteiger partial charge on any atom is -0.352 e. The maximum atomic E-state index is 14.8. The second kappa shape index (κ2) is 8.06. The number of hydrogen-bond donors (Lipinski definition) is 1. The highest BCUT2D eigenvalue weighted by molar-refractivity contribution is 6.30. The van der Waals surface area contributed by atoms with Crippen molar-refractivity contribution in [3.63, 3.8) is 0 Å². The van der Waals surface area contributed by atoms with Crippen LogP contribution in [-0.2, 0) is 31.4 Å². The molecule has 8 heteroatoms. The Balaban J connectivity index is 1.44. The van der Waals surface area contributed by atoms with E-state index in [1.54, 1.807) is 34.0 Å². The second-order valence-corrected chi connectivity index (χ2v) is 8.82. The van der Waals surface area contributed by atoms with Crippen molar-refractivity contribution in [1.29, 1.82) is 0 Å². The number of amides is 2. The summed E-state index contributed by atoms with van der Waals surface area (Å²) >= 11 is 6.22. The number of rotatable bonds is 4. The summed E-state index contributed by atoms with van der Waals surface area (Å²) in [5.74, 6) is -0.803. The highest BCUT2D eigenvalue weighted by Gasteiger charge is 2.30. The zero-order valence-electron chi connectivity index (χ0n) is 17.6. The van der Waals surface area contributed by atoms with Gasteiger partial charge in [0.15, 0.2) is 0 Å². The summed E-state index contributed by atoms with van der Waals surface area (Å²) in [4.78, 5) is 27.0. The van der Waals surface area contributed by atoms with Gasteiger partial charge in [-0.05, 0) is 48.7 Å². The van der Waals surface area contributed by atoms with Crippen LogP contribution in [0.3, 0.4) is 0 Å². The third-order valence-corrected chi connectivity index (χ3v) is 6.35. The van der Waals surface area contributed by atoms with E-state index in [9.17, 15) is 14.0 Å². The molecular weight excluding hydrogens is 431 g/mol. The lowest BCUT2D eigenvalue weighted by molar-refractivity contribution is -0.122. The lowest BCUT2D eigenvalue weighted by atomic mass is 10.1. The molecule has 1 aromatic heterocycles. The van der Waals surface area contributed by atoms with Crippen LogP contribution in [0.4, 0.5) is 10.1 Å². The lowest BCUT2D eigenvalue weighted by Gasteiger charge is -2.23. The Morgan fingerprint density at radius 3 is 2.75 bits per heavy atom. The van der Waals surface area contributed by atoms with Crippen molar-refractivity contribution in [3.8, 4) is 0 Å². The third-order valence-electron chi connectivity index (χ3n) is 6.11. The number of aryl methyl sites for hydroxylation is 1. The van der Waals surface area contributed by atoms with E-state index in [2.05, 4.69) is 10.4 Å². The van der Waals surface area contributed by atoms with Crippen LogP contribution in [0.1, 0.15) is 45.6 Å². The molecule has 0 unspecified atom stereocenters. The molecule has 1 aliphatic heterocycles. The first kappa shape index (κ1) is 20.7. The smallest absolute Gasteiger partial charge is 0.258 e. The summed E-state index contributed by atoms with van der Waals surface area (Å²) in [6.07, 6.45) is 4.14. The first-order valence-corrected chi connectivity index (χ1v) is 10.9. The number of nitrogens with zero attached hydrogens (tertiary/aromatic N) is 3. The molecule has 164 valence electrons. The number of nitrogens with one attached hydrogen (secondary N) is 1. The normalized spacial score (nSPS) is 15.0. The predicted octanol–water partition coefficient (Wildman–Crippen LogP) is 3.99. The summed E-state index contributed by atoms with van der Waals surface area (Å²) in [6.45, 7) is 0.442. The fourth-order valence-corrected chi connectivity index (χ4v) is 4.29. The molecule has 2 aromatic carbocycles. The van der Waals surface area contributed by atoms with Gasteiger partial charge < -0.3 is 10.2 Å². The maximum Gasteiger partial charge on any atom is 0.258 e. The maximum absolute atomic E-state index is 14.8. The molecule has 6 nitrogen and oxygen atoms in total. The first-order valence-electron chi connectivity index (χ1n) is 10.6. The van der Waals surface area contributed by atoms with E-state index >= 15 is 0 Å². The second-order valence-electron chi connectivity index (χ2n) is 8.38. The summed E-state index contributed by atoms with van der Waals surface area (Å²) in [5, 5.41) is 7.68. The molecule has 2 amide bonds. The van der Waals surface area contributed by atoms with Gasteiger partial charge >= 0.3 is 0 Å². The highest BCUT2D eigenvalue weighted by atomic mass is 35.5. The van der Waals surface area contributed by atoms with Crippen LogP contribution >= 0.6 is 11.6 Å². The highest BCUT2D eigenvalue weighted by Crippen LogP contribution is 2.33. The van der Waals surface area contributed by atoms with Crippen molar-refractivity contribution in [1.82, 2.24) is 15.1 Å². The van der Waals surface area contributed by atoms with Crippen LogP contribution in [-0.4, -0.2) is 21.6 Å². The van der Waals surface area contributed by atoms with Crippen molar-refractivity contribution in [2.75, 3.05) is 4.90 Å². The van der Waals surface area contributed by atoms with Crippen molar-refractivity contribution in [2.24, 2.45) is 13.0 Å². The standard InChI is InChI=1S/C24H22ClFN4O2/c1-29-22-10-17-8-19(25)6-7-21(17)30(13-18(22)12-28-29)24(32)15-4-5-16(20(26)9-15)11-27-23(31)14-2-3-14/h4-9,12,14H,2-3,10-11,13H2,1H3,(H,27,31). The number of anilines is 1. The average molecular weight is 453 g/mol. The van der Waals surface area contributed by atoms with Gasteiger partial charge in [-0.25, -0.2) is 4.39 Å². The third kappa shape index (κ3) is 3.88. The molecule has 5 rings (SSSR count). The van der Waals surface area contributed by atoms with Gasteiger partial charge in [-0.2, -0.15) is 5.10 Å². The van der Waals surface area contributed by atoms with E-state index in [4.69, 9.17) is 11.6 Å². The molecule has 1 aliphatic carbocycles. The average Bonchev–Trinajstić information content (AvgIpc) is 3.58. The molecule has 0 saturated heterocycles. The Hall–Kier alpha value is -3.19. The van der Waals surface area contributed by atoms with Gasteiger partial charge in [-0.15, -0.1) is 0 Å². The van der Waals surface area contributed by atoms with Crippen molar-refractivity contribution < 1.29 is 14.0 Å². The fraction of sp³-hybridized carbons (Fsp3) is 0.292. The Kier molecular flexibility index (Phi) is 5.21. The minimum absolute atomic E-state index is 0.0448. The topological polar surface area (TPSA) is 67.2 Å². The zero-order valence-corrected chi connectivity index (χ0v) is 18.3. The van der Waals surface area contributed by atoms with Crippen LogP contribution in [0, 0.1) is 11.7 Å². The Morgan fingerprint density at radius 1 is 1.19 bits per heavy atom. The lowest BCUT2D eigenvalue weighted by Crippen LogP contribution is -2.30. The number of carbonyl (C=O) groups excluding carboxylic acids is 2. The van der Waals surface area contributed by atoms with Gasteiger partial charge in [0, 0.05) is 59.0 Å². The molecule has 32 heavy (non-hydrogen) atoms. The molecule has 0 spiro atoms. The molecule has 0 bridgehead atoms. The number of carbonyl (C=O) groups is 2. The summed E-state index contributed by atoms with van der Waals surface area (Å²) in [6, 6.07) is 9.84. The van der Waals surface area contributed by atoms with Gasteiger partial charge in [0.1, 0.15) is 5.82 Å². The molecule has 2 heterocycles. The Bertz CT molecular complexity index is 1230. The van der Waals surface area contributed by atoms with Crippen LogP contribution < -0.4 is 10.2 Å². The molecule has 0 atom stereocenters. The molecule has 2 aliphatic rings. The van der Waals surface area contributed by atoms with Crippen LogP contribution in [0.25, 0.3) is 0 Å². The van der Waals surface area contributed by atoms with E-state index in [1.807, 2.05) is 19.2 Å². The van der Waals surface area contributed by atoms with E-state index in [1.165, 1.54) is 6.07 Å². The Labute approximate surface area is 190 Å². The predicted molar refractivity (Wildman–Crippen MR) is 119 cm³/mol. The first-order chi connectivity index (χ1) is 15.4. The van der Waals surface area contributed by atoms with E-state index in [-0.39, 0.29) is 29.8 Å². The SMILES string of the molecule is Cn1ncc2c1Cc1cc(Cl)ccc1N(C(=O)c1ccc(CNC(=O)C3CC3)c(F)c1)C2. The van der Waals surface area contributed by atoms with Gasteiger partial charge in [0.25, 0.3) is 5.91 Å². The van der Waals surface area contributed by atoms with Crippen LogP contribution in [0.5, 0.6) is 0 Å². The molecule has 1 saturated carbocycles. The molecule has 1 fully saturated rings. The molecular formula is C24H22ClFN4O2. The largest absolute Gasteiger partial charge is 0.352 e. The number of aromatic nitrogens is 2. The number of fused-ring (bicyclic) bond motifs is 2. The van der Waals surface area contributed by atoms with E-state index < -0.39 is 5.82 Å².